The van der Waals surface area contributed by atoms with Crippen LogP contribution < -0.4 is 5.32 Å². The number of fused-ring (bicyclic) bond motifs is 1. The second-order valence-electron chi connectivity index (χ2n) is 7.18. The van der Waals surface area contributed by atoms with Gasteiger partial charge in [0, 0.05) is 29.7 Å². The van der Waals surface area contributed by atoms with Gasteiger partial charge in [-0.25, -0.2) is 4.79 Å². The number of carbonyl (C=O) groups excluding carboxylic acids is 2. The summed E-state index contributed by atoms with van der Waals surface area (Å²) >= 11 is 1.52. The van der Waals surface area contributed by atoms with Gasteiger partial charge in [0.15, 0.2) is 0 Å². The van der Waals surface area contributed by atoms with Crippen LogP contribution in [0.5, 0.6) is 0 Å². The van der Waals surface area contributed by atoms with Crippen molar-refractivity contribution in [1.82, 2.24) is 14.7 Å². The zero-order valence-electron chi connectivity index (χ0n) is 16.8. The lowest BCUT2D eigenvalue weighted by atomic mass is 10.1. The molecule has 0 spiro atoms. The van der Waals surface area contributed by atoms with Crippen molar-refractivity contribution in [2.45, 2.75) is 52.1 Å². The van der Waals surface area contributed by atoms with E-state index < -0.39 is 0 Å². The van der Waals surface area contributed by atoms with Crippen molar-refractivity contribution in [3.8, 4) is 0 Å². The van der Waals surface area contributed by atoms with Gasteiger partial charge in [-0.3, -0.25) is 14.4 Å². The lowest BCUT2D eigenvalue weighted by Crippen LogP contribution is -2.30. The van der Waals surface area contributed by atoms with Crippen LogP contribution in [0, 0.1) is 0 Å². The van der Waals surface area contributed by atoms with Gasteiger partial charge in [0.25, 0.3) is 0 Å². The van der Waals surface area contributed by atoms with Gasteiger partial charge in [0.05, 0.1) is 25.4 Å². The van der Waals surface area contributed by atoms with E-state index in [1.807, 2.05) is 35.9 Å². The van der Waals surface area contributed by atoms with Crippen molar-refractivity contribution < 1.29 is 14.3 Å². The zero-order chi connectivity index (χ0) is 20.1. The Morgan fingerprint density at radius 3 is 2.82 bits per heavy atom. The quantitative estimate of drug-likeness (QED) is 0.567. The van der Waals surface area contributed by atoms with Crippen molar-refractivity contribution in [2.75, 3.05) is 26.0 Å². The predicted molar refractivity (Wildman–Crippen MR) is 110 cm³/mol. The van der Waals surface area contributed by atoms with E-state index in [9.17, 15) is 9.59 Å². The summed E-state index contributed by atoms with van der Waals surface area (Å²) in [7, 11) is 3.28. The Morgan fingerprint density at radius 2 is 2.11 bits per heavy atom. The van der Waals surface area contributed by atoms with Crippen molar-refractivity contribution in [2.24, 2.45) is 0 Å². The number of esters is 1. The van der Waals surface area contributed by atoms with E-state index >= 15 is 0 Å². The van der Waals surface area contributed by atoms with Gasteiger partial charge in [-0.05, 0) is 45.2 Å². The summed E-state index contributed by atoms with van der Waals surface area (Å²) in [5.74, 6) is -0.498. The number of nitrogens with one attached hydrogen (secondary N) is 1. The molecular weight excluding hydrogens is 376 g/mol. The minimum absolute atomic E-state index is 0.132. The SMILES string of the molecule is CCn1cc(CN(C)CC(=O)Nc2sc3c(c2C(=O)OC)CCCCC3)cn1. The number of anilines is 1. The van der Waals surface area contributed by atoms with Gasteiger partial charge in [0.1, 0.15) is 5.00 Å². The average Bonchev–Trinajstić information content (AvgIpc) is 3.18. The number of nitrogens with zero attached hydrogens (tertiary/aromatic N) is 3. The molecule has 0 saturated carbocycles. The molecule has 0 aliphatic heterocycles. The summed E-state index contributed by atoms with van der Waals surface area (Å²) in [5, 5.41) is 7.83. The summed E-state index contributed by atoms with van der Waals surface area (Å²) in [6.45, 7) is 3.73. The lowest BCUT2D eigenvalue weighted by molar-refractivity contribution is -0.117. The topological polar surface area (TPSA) is 76.5 Å². The standard InChI is InChI=1S/C20H28N4O3S/c1-4-24-12-14(10-21-24)11-23(2)13-17(25)22-19-18(20(26)27-3)15-8-6-5-7-9-16(15)28-19/h10,12H,4-9,11,13H2,1-3H3,(H,22,25). The van der Waals surface area contributed by atoms with Crippen LogP contribution in [0.4, 0.5) is 5.00 Å². The molecule has 3 rings (SSSR count). The fourth-order valence-corrected chi connectivity index (χ4v) is 4.88. The van der Waals surface area contributed by atoms with Crippen LogP contribution in [-0.4, -0.2) is 47.3 Å². The first-order chi connectivity index (χ1) is 13.5. The molecule has 152 valence electrons. The highest BCUT2D eigenvalue weighted by Gasteiger charge is 2.26. The Kier molecular flexibility index (Phi) is 6.85. The summed E-state index contributed by atoms with van der Waals surface area (Å²) < 4.78 is 6.86. The molecule has 0 aromatic carbocycles. The largest absolute Gasteiger partial charge is 0.465 e. The van der Waals surface area contributed by atoms with Crippen LogP contribution in [-0.2, 0) is 35.5 Å². The Hall–Kier alpha value is -2.19. The maximum atomic E-state index is 12.6. The molecule has 1 aliphatic carbocycles. The third-order valence-electron chi connectivity index (χ3n) is 4.94. The van der Waals surface area contributed by atoms with E-state index in [0.29, 0.717) is 17.1 Å². The highest BCUT2D eigenvalue weighted by atomic mass is 32.1. The molecule has 0 radical (unpaired) electrons. The minimum atomic E-state index is -0.366. The maximum Gasteiger partial charge on any atom is 0.341 e. The highest BCUT2D eigenvalue weighted by molar-refractivity contribution is 7.17. The van der Waals surface area contributed by atoms with E-state index in [2.05, 4.69) is 10.4 Å². The number of rotatable bonds is 7. The van der Waals surface area contributed by atoms with Crippen LogP contribution in [0.15, 0.2) is 12.4 Å². The third kappa shape index (κ3) is 4.80. The molecule has 0 atom stereocenters. The average molecular weight is 405 g/mol. The van der Waals surface area contributed by atoms with Gasteiger partial charge in [0.2, 0.25) is 5.91 Å². The second-order valence-corrected chi connectivity index (χ2v) is 8.29. The molecule has 0 unspecified atom stereocenters. The number of methoxy groups -OCH3 is 1. The first-order valence-corrected chi connectivity index (χ1v) is 10.6. The molecule has 1 aliphatic rings. The van der Waals surface area contributed by atoms with Crippen LogP contribution in [0.3, 0.4) is 0 Å². The van der Waals surface area contributed by atoms with Gasteiger partial charge in [-0.1, -0.05) is 6.42 Å². The molecule has 0 fully saturated rings. The van der Waals surface area contributed by atoms with Crippen LogP contribution >= 0.6 is 11.3 Å². The van der Waals surface area contributed by atoms with E-state index in [-0.39, 0.29) is 18.4 Å². The molecule has 1 N–H and O–H groups in total. The highest BCUT2D eigenvalue weighted by Crippen LogP contribution is 2.37. The minimum Gasteiger partial charge on any atom is -0.465 e. The first kappa shape index (κ1) is 20.5. The number of thiophene rings is 1. The number of hydrogen-bond acceptors (Lipinski definition) is 6. The van der Waals surface area contributed by atoms with Crippen molar-refractivity contribution >= 4 is 28.2 Å². The molecule has 2 aromatic rings. The number of likely N-dealkylation sites (N-methyl/N-ethyl adjacent to an activating group) is 1. The number of hydrogen-bond donors (Lipinski definition) is 1. The normalized spacial score (nSPS) is 13.9. The second kappa shape index (κ2) is 9.34. The predicted octanol–water partition coefficient (Wildman–Crippen LogP) is 3.09. The Bertz CT molecular complexity index is 843. The maximum absolute atomic E-state index is 12.6. The zero-order valence-corrected chi connectivity index (χ0v) is 17.6. The molecule has 7 nitrogen and oxygen atoms in total. The van der Waals surface area contributed by atoms with Crippen LogP contribution in [0.1, 0.15) is 52.5 Å². The fourth-order valence-electron chi connectivity index (χ4n) is 3.59. The molecule has 2 heterocycles. The van der Waals surface area contributed by atoms with Crippen molar-refractivity contribution in [3.63, 3.8) is 0 Å². The van der Waals surface area contributed by atoms with E-state index in [1.165, 1.54) is 29.7 Å². The summed E-state index contributed by atoms with van der Waals surface area (Å²) in [5.41, 5.74) is 2.67. The smallest absolute Gasteiger partial charge is 0.341 e. The molecule has 1 amide bonds. The third-order valence-corrected chi connectivity index (χ3v) is 6.15. The Balaban J connectivity index is 1.68. The molecule has 28 heavy (non-hydrogen) atoms. The fraction of sp³-hybridized carbons (Fsp3) is 0.550. The number of amides is 1. The van der Waals surface area contributed by atoms with Gasteiger partial charge in [-0.2, -0.15) is 5.10 Å². The van der Waals surface area contributed by atoms with Gasteiger partial charge >= 0.3 is 5.97 Å². The first-order valence-electron chi connectivity index (χ1n) is 9.74. The van der Waals surface area contributed by atoms with Gasteiger partial charge in [-0.15, -0.1) is 11.3 Å². The molecule has 2 aromatic heterocycles. The van der Waals surface area contributed by atoms with Crippen molar-refractivity contribution in [3.05, 3.63) is 34.0 Å². The van der Waals surface area contributed by atoms with E-state index in [4.69, 9.17) is 4.74 Å². The molecule has 8 heteroatoms. The number of carbonyl (C=O) groups is 2. The van der Waals surface area contributed by atoms with Crippen LogP contribution in [0.25, 0.3) is 0 Å². The Labute approximate surface area is 169 Å². The number of ether oxygens (including phenoxy) is 1. The Morgan fingerprint density at radius 1 is 1.32 bits per heavy atom. The van der Waals surface area contributed by atoms with E-state index in [0.717, 1.165) is 43.4 Å². The number of aromatic nitrogens is 2. The molecule has 0 bridgehead atoms. The summed E-state index contributed by atoms with van der Waals surface area (Å²) in [4.78, 5) is 28.1. The summed E-state index contributed by atoms with van der Waals surface area (Å²) in [6, 6.07) is 0. The van der Waals surface area contributed by atoms with Crippen molar-refractivity contribution in [1.29, 1.82) is 0 Å². The molecular formula is C20H28N4O3S. The van der Waals surface area contributed by atoms with Crippen LogP contribution in [0.2, 0.25) is 0 Å². The summed E-state index contributed by atoms with van der Waals surface area (Å²) in [6.07, 6.45) is 8.99. The lowest BCUT2D eigenvalue weighted by Gasteiger charge is -2.15. The van der Waals surface area contributed by atoms with Gasteiger partial charge < -0.3 is 10.1 Å². The van der Waals surface area contributed by atoms with E-state index in [1.54, 1.807) is 0 Å². The number of aryl methyl sites for hydroxylation is 2. The monoisotopic (exact) mass is 404 g/mol. The molecule has 0 saturated heterocycles.